The molecular formula is C19H23NO3. The summed E-state index contributed by atoms with van der Waals surface area (Å²) in [4.78, 5) is 12.1. The van der Waals surface area contributed by atoms with Gasteiger partial charge in [0.05, 0.1) is 20.6 Å². The highest BCUT2D eigenvalue weighted by Crippen LogP contribution is 2.27. The van der Waals surface area contributed by atoms with E-state index in [0.717, 1.165) is 5.56 Å². The van der Waals surface area contributed by atoms with E-state index < -0.39 is 0 Å². The Morgan fingerprint density at radius 3 is 2.39 bits per heavy atom. The summed E-state index contributed by atoms with van der Waals surface area (Å²) in [5.41, 5.74) is 2.12. The molecule has 23 heavy (non-hydrogen) atoms. The predicted molar refractivity (Wildman–Crippen MR) is 91.1 cm³/mol. The van der Waals surface area contributed by atoms with Crippen LogP contribution >= 0.6 is 0 Å². The summed E-state index contributed by atoms with van der Waals surface area (Å²) < 4.78 is 10.5. The van der Waals surface area contributed by atoms with Crippen LogP contribution in [0.25, 0.3) is 0 Å². The van der Waals surface area contributed by atoms with E-state index in [1.165, 1.54) is 5.56 Å². The first-order valence-corrected chi connectivity index (χ1v) is 7.66. The smallest absolute Gasteiger partial charge is 0.224 e. The molecule has 2 rings (SSSR count). The third-order valence-corrected chi connectivity index (χ3v) is 3.79. The van der Waals surface area contributed by atoms with E-state index in [9.17, 15) is 4.79 Å². The molecule has 1 N–H and O–H groups in total. The maximum Gasteiger partial charge on any atom is 0.224 e. The third-order valence-electron chi connectivity index (χ3n) is 3.79. The number of rotatable bonds is 7. The van der Waals surface area contributed by atoms with Crippen LogP contribution < -0.4 is 14.8 Å². The molecule has 1 amide bonds. The number of benzene rings is 2. The van der Waals surface area contributed by atoms with Crippen LogP contribution in [-0.2, 0) is 11.2 Å². The van der Waals surface area contributed by atoms with Crippen molar-refractivity contribution in [3.63, 3.8) is 0 Å². The second kappa shape index (κ2) is 8.22. The van der Waals surface area contributed by atoms with Crippen molar-refractivity contribution in [3.8, 4) is 11.5 Å². The summed E-state index contributed by atoms with van der Waals surface area (Å²) in [5.74, 6) is 1.58. The van der Waals surface area contributed by atoms with E-state index >= 15 is 0 Å². The van der Waals surface area contributed by atoms with E-state index in [-0.39, 0.29) is 11.8 Å². The van der Waals surface area contributed by atoms with Crippen molar-refractivity contribution < 1.29 is 14.3 Å². The van der Waals surface area contributed by atoms with Crippen LogP contribution in [0.5, 0.6) is 11.5 Å². The molecule has 4 heteroatoms. The Morgan fingerprint density at radius 2 is 1.74 bits per heavy atom. The Bertz CT molecular complexity index is 640. The summed E-state index contributed by atoms with van der Waals surface area (Å²) in [7, 11) is 3.18. The third kappa shape index (κ3) is 4.74. The van der Waals surface area contributed by atoms with Crippen LogP contribution in [0.2, 0.25) is 0 Å². The zero-order valence-electron chi connectivity index (χ0n) is 13.8. The Balaban J connectivity index is 1.90. The van der Waals surface area contributed by atoms with Gasteiger partial charge in [-0.05, 0) is 29.2 Å². The first-order chi connectivity index (χ1) is 11.1. The van der Waals surface area contributed by atoms with Crippen molar-refractivity contribution in [2.45, 2.75) is 19.3 Å². The molecule has 1 unspecified atom stereocenters. The zero-order valence-corrected chi connectivity index (χ0v) is 13.8. The van der Waals surface area contributed by atoms with Crippen molar-refractivity contribution >= 4 is 5.91 Å². The fraction of sp³-hybridized carbons (Fsp3) is 0.316. The maximum atomic E-state index is 12.1. The van der Waals surface area contributed by atoms with E-state index in [1.807, 2.05) is 36.4 Å². The lowest BCUT2D eigenvalue weighted by atomic mass is 10.0. The Kier molecular flexibility index (Phi) is 6.03. The summed E-state index contributed by atoms with van der Waals surface area (Å²) >= 11 is 0. The lowest BCUT2D eigenvalue weighted by molar-refractivity contribution is -0.120. The van der Waals surface area contributed by atoms with Crippen LogP contribution in [0.15, 0.2) is 48.5 Å². The van der Waals surface area contributed by atoms with Crippen molar-refractivity contribution in [3.05, 3.63) is 59.7 Å². The highest BCUT2D eigenvalue weighted by Gasteiger charge is 2.10. The minimum Gasteiger partial charge on any atom is -0.493 e. The molecule has 0 radical (unpaired) electrons. The molecule has 0 bridgehead atoms. The van der Waals surface area contributed by atoms with Crippen LogP contribution in [0.1, 0.15) is 24.0 Å². The first kappa shape index (κ1) is 16.9. The van der Waals surface area contributed by atoms with Gasteiger partial charge in [-0.15, -0.1) is 0 Å². The van der Waals surface area contributed by atoms with Crippen LogP contribution in [-0.4, -0.2) is 26.7 Å². The van der Waals surface area contributed by atoms with Gasteiger partial charge in [0.2, 0.25) is 5.91 Å². The largest absolute Gasteiger partial charge is 0.493 e. The first-order valence-electron chi connectivity index (χ1n) is 7.66. The Labute approximate surface area is 137 Å². The molecule has 4 nitrogen and oxygen atoms in total. The standard InChI is InChI=1S/C19H23NO3/c1-14(16-7-5-4-6-8-16)13-20-19(21)12-15-9-10-17(22-2)18(11-15)23-3/h4-11,14H,12-13H2,1-3H3,(H,20,21). The number of carbonyl (C=O) groups is 1. The fourth-order valence-corrected chi connectivity index (χ4v) is 2.40. The van der Waals surface area contributed by atoms with Gasteiger partial charge in [0, 0.05) is 6.54 Å². The molecule has 0 spiro atoms. The van der Waals surface area contributed by atoms with Gasteiger partial charge in [0.1, 0.15) is 0 Å². The molecule has 122 valence electrons. The van der Waals surface area contributed by atoms with E-state index in [0.29, 0.717) is 24.5 Å². The second-order valence-electron chi connectivity index (χ2n) is 5.48. The minimum absolute atomic E-state index is 0.000000945. The molecule has 0 aromatic heterocycles. The quantitative estimate of drug-likeness (QED) is 0.854. The molecule has 1 atom stereocenters. The lowest BCUT2D eigenvalue weighted by Gasteiger charge is -2.13. The van der Waals surface area contributed by atoms with Crippen molar-refractivity contribution in [2.24, 2.45) is 0 Å². The normalized spacial score (nSPS) is 11.6. The van der Waals surface area contributed by atoms with Crippen LogP contribution in [0, 0.1) is 0 Å². The highest BCUT2D eigenvalue weighted by molar-refractivity contribution is 5.78. The Morgan fingerprint density at radius 1 is 1.04 bits per heavy atom. The van der Waals surface area contributed by atoms with Crippen molar-refractivity contribution in [1.82, 2.24) is 5.32 Å². The summed E-state index contributed by atoms with van der Waals surface area (Å²) in [5, 5.41) is 2.98. The molecule has 0 saturated heterocycles. The van der Waals surface area contributed by atoms with E-state index in [1.54, 1.807) is 14.2 Å². The number of hydrogen-bond acceptors (Lipinski definition) is 3. The average Bonchev–Trinajstić information content (AvgIpc) is 2.60. The predicted octanol–water partition coefficient (Wildman–Crippen LogP) is 3.17. The molecule has 0 fully saturated rings. The highest BCUT2D eigenvalue weighted by atomic mass is 16.5. The lowest BCUT2D eigenvalue weighted by Crippen LogP contribution is -2.28. The number of hydrogen-bond donors (Lipinski definition) is 1. The molecular weight excluding hydrogens is 290 g/mol. The number of amides is 1. The fourth-order valence-electron chi connectivity index (χ4n) is 2.40. The zero-order chi connectivity index (χ0) is 16.7. The van der Waals surface area contributed by atoms with Gasteiger partial charge in [-0.25, -0.2) is 0 Å². The van der Waals surface area contributed by atoms with Gasteiger partial charge >= 0.3 is 0 Å². The summed E-state index contributed by atoms with van der Waals surface area (Å²) in [6.07, 6.45) is 0.321. The number of methoxy groups -OCH3 is 2. The molecule has 0 aliphatic heterocycles. The van der Waals surface area contributed by atoms with Gasteiger partial charge in [0.25, 0.3) is 0 Å². The maximum absolute atomic E-state index is 12.1. The molecule has 0 heterocycles. The van der Waals surface area contributed by atoms with Crippen molar-refractivity contribution in [1.29, 1.82) is 0 Å². The Hall–Kier alpha value is -2.49. The summed E-state index contributed by atoms with van der Waals surface area (Å²) in [6.45, 7) is 2.72. The minimum atomic E-state index is 0.000000945. The van der Waals surface area contributed by atoms with Crippen LogP contribution in [0.4, 0.5) is 0 Å². The van der Waals surface area contributed by atoms with Crippen LogP contribution in [0.3, 0.4) is 0 Å². The number of ether oxygens (including phenoxy) is 2. The molecule has 2 aromatic carbocycles. The van der Waals surface area contributed by atoms with Crippen molar-refractivity contribution in [2.75, 3.05) is 20.8 Å². The SMILES string of the molecule is COc1ccc(CC(=O)NCC(C)c2ccccc2)cc1OC. The molecule has 2 aromatic rings. The topological polar surface area (TPSA) is 47.6 Å². The molecule has 0 aliphatic rings. The van der Waals surface area contributed by atoms with E-state index in [2.05, 4.69) is 24.4 Å². The number of carbonyl (C=O) groups excluding carboxylic acids is 1. The van der Waals surface area contributed by atoms with Gasteiger partial charge in [-0.2, -0.15) is 0 Å². The average molecular weight is 313 g/mol. The van der Waals surface area contributed by atoms with Gasteiger partial charge in [-0.1, -0.05) is 43.3 Å². The molecule has 0 saturated carbocycles. The van der Waals surface area contributed by atoms with Gasteiger partial charge in [-0.3, -0.25) is 4.79 Å². The second-order valence-corrected chi connectivity index (χ2v) is 5.48. The summed E-state index contributed by atoms with van der Waals surface area (Å²) in [6, 6.07) is 15.7. The van der Waals surface area contributed by atoms with Gasteiger partial charge < -0.3 is 14.8 Å². The van der Waals surface area contributed by atoms with E-state index in [4.69, 9.17) is 9.47 Å². The monoisotopic (exact) mass is 313 g/mol. The van der Waals surface area contributed by atoms with Gasteiger partial charge in [0.15, 0.2) is 11.5 Å². The molecule has 0 aliphatic carbocycles. The number of nitrogens with one attached hydrogen (secondary N) is 1.